The number of nitrogens with one attached hydrogen (secondary N) is 1. The molecule has 2 atom stereocenters. The molecular weight excluding hydrogens is 444 g/mol. The maximum Gasteiger partial charge on any atom is 0.243 e. The molecule has 4 fully saturated rings. The Balaban J connectivity index is 1.42. The fourth-order valence-electron chi connectivity index (χ4n) is 7.48. The van der Waals surface area contributed by atoms with E-state index in [1.165, 1.54) is 34.7 Å². The summed E-state index contributed by atoms with van der Waals surface area (Å²) in [6, 6.07) is 15.7. The van der Waals surface area contributed by atoms with Crippen LogP contribution in [0, 0.1) is 24.2 Å². The molecule has 4 aliphatic rings. The van der Waals surface area contributed by atoms with Gasteiger partial charge in [-0.2, -0.15) is 4.31 Å². The topological polar surface area (TPSA) is 66.5 Å². The summed E-state index contributed by atoms with van der Waals surface area (Å²) < 4.78 is 27.4. The molecule has 0 aliphatic heterocycles. The van der Waals surface area contributed by atoms with Crippen molar-refractivity contribution in [2.75, 3.05) is 18.4 Å². The van der Waals surface area contributed by atoms with Crippen LogP contribution in [0.2, 0.25) is 0 Å². The van der Waals surface area contributed by atoms with Gasteiger partial charge < -0.3 is 5.32 Å². The van der Waals surface area contributed by atoms with E-state index in [9.17, 15) is 13.2 Å². The monoisotopic (exact) mass is 480 g/mol. The standard InChI is InChI=1S/C28H36N2O3S/c1-4-30(5-2)34(32,33)25-8-6-7-24(14-25)29-26(31)28-17-21-13-22(18-28)16-27(15-21,19-28)23-11-9-20(3)10-12-23/h6-12,14,21-22H,4-5,13,15-19H2,1-3H3,(H,29,31)/t21-,22-,27?,28?/m1/s1. The second kappa shape index (κ2) is 8.49. The zero-order valence-corrected chi connectivity index (χ0v) is 21.3. The van der Waals surface area contributed by atoms with E-state index in [2.05, 4.69) is 36.5 Å². The van der Waals surface area contributed by atoms with E-state index in [0.717, 1.165) is 19.3 Å². The predicted molar refractivity (Wildman–Crippen MR) is 135 cm³/mol. The molecule has 0 unspecified atom stereocenters. The van der Waals surface area contributed by atoms with Gasteiger partial charge in [-0.1, -0.05) is 49.7 Å². The first-order chi connectivity index (χ1) is 16.2. The lowest BCUT2D eigenvalue weighted by molar-refractivity contribution is -0.143. The van der Waals surface area contributed by atoms with E-state index in [1.807, 2.05) is 13.8 Å². The number of anilines is 1. The molecule has 1 amide bonds. The second-order valence-corrected chi connectivity index (χ2v) is 12.9. The summed E-state index contributed by atoms with van der Waals surface area (Å²) in [5.41, 5.74) is 2.93. The molecule has 4 aliphatic carbocycles. The maximum atomic E-state index is 13.8. The predicted octanol–water partition coefficient (Wildman–Crippen LogP) is 5.50. The summed E-state index contributed by atoms with van der Waals surface area (Å²) in [5.74, 6) is 1.24. The molecule has 4 saturated carbocycles. The molecule has 182 valence electrons. The summed E-state index contributed by atoms with van der Waals surface area (Å²) in [6.45, 7) is 6.63. The smallest absolute Gasteiger partial charge is 0.243 e. The highest BCUT2D eigenvalue weighted by Gasteiger charge is 2.60. The molecule has 0 radical (unpaired) electrons. The lowest BCUT2D eigenvalue weighted by atomic mass is 9.42. The Morgan fingerprint density at radius 3 is 2.26 bits per heavy atom. The number of hydrogen-bond donors (Lipinski definition) is 1. The normalized spacial score (nSPS) is 30.0. The summed E-state index contributed by atoms with van der Waals surface area (Å²) in [4.78, 5) is 14.1. The number of amides is 1. The Morgan fingerprint density at radius 2 is 1.65 bits per heavy atom. The van der Waals surface area contributed by atoms with Crippen LogP contribution in [0.3, 0.4) is 0 Å². The van der Waals surface area contributed by atoms with Gasteiger partial charge in [0.25, 0.3) is 0 Å². The van der Waals surface area contributed by atoms with Gasteiger partial charge in [0.05, 0.1) is 10.3 Å². The first-order valence-electron chi connectivity index (χ1n) is 12.7. The summed E-state index contributed by atoms with van der Waals surface area (Å²) in [6.07, 6.45) is 6.37. The average molecular weight is 481 g/mol. The minimum atomic E-state index is -3.57. The van der Waals surface area contributed by atoms with E-state index in [0.29, 0.717) is 30.6 Å². The van der Waals surface area contributed by atoms with Gasteiger partial charge in [0.1, 0.15) is 0 Å². The number of nitrogens with zero attached hydrogens (tertiary/aromatic N) is 1. The number of carbonyl (C=O) groups excluding carboxylic acids is 1. The largest absolute Gasteiger partial charge is 0.326 e. The van der Waals surface area contributed by atoms with Crippen LogP contribution in [0.5, 0.6) is 0 Å². The van der Waals surface area contributed by atoms with Crippen molar-refractivity contribution >= 4 is 21.6 Å². The zero-order chi connectivity index (χ0) is 24.1. The molecule has 2 aromatic rings. The Kier molecular flexibility index (Phi) is 5.88. The fourth-order valence-corrected chi connectivity index (χ4v) is 8.99. The highest BCUT2D eigenvalue weighted by atomic mass is 32.2. The van der Waals surface area contributed by atoms with E-state index in [-0.39, 0.29) is 21.6 Å². The summed E-state index contributed by atoms with van der Waals surface area (Å²) >= 11 is 0. The first kappa shape index (κ1) is 23.6. The number of hydrogen-bond acceptors (Lipinski definition) is 3. The average Bonchev–Trinajstić information content (AvgIpc) is 2.79. The Morgan fingerprint density at radius 1 is 1.00 bits per heavy atom. The maximum absolute atomic E-state index is 13.8. The van der Waals surface area contributed by atoms with Gasteiger partial charge >= 0.3 is 0 Å². The third-order valence-electron chi connectivity index (χ3n) is 8.64. The number of rotatable bonds is 7. The van der Waals surface area contributed by atoms with E-state index < -0.39 is 10.0 Å². The SMILES string of the molecule is CCN(CC)S(=O)(=O)c1cccc(NC(=O)C23C[C@@H]4C[C@@H](C2)CC(c2ccc(C)cc2)(C4)C3)c1. The van der Waals surface area contributed by atoms with Crippen molar-refractivity contribution in [2.45, 2.75) is 69.6 Å². The lowest BCUT2D eigenvalue weighted by Crippen LogP contribution is -2.58. The molecular formula is C28H36N2O3S. The molecule has 0 aromatic heterocycles. The van der Waals surface area contributed by atoms with Crippen LogP contribution < -0.4 is 5.32 Å². The van der Waals surface area contributed by atoms with Crippen LogP contribution >= 0.6 is 0 Å². The molecule has 5 nitrogen and oxygen atoms in total. The van der Waals surface area contributed by atoms with Gasteiger partial charge in [0.15, 0.2) is 0 Å². The van der Waals surface area contributed by atoms with Crippen LogP contribution in [-0.2, 0) is 20.2 Å². The summed E-state index contributed by atoms with van der Waals surface area (Å²) in [7, 11) is -3.57. The Labute approximate surface area is 204 Å². The molecule has 0 saturated heterocycles. The van der Waals surface area contributed by atoms with Crippen molar-refractivity contribution in [1.29, 1.82) is 0 Å². The molecule has 0 heterocycles. The third-order valence-corrected chi connectivity index (χ3v) is 10.7. The van der Waals surface area contributed by atoms with Crippen molar-refractivity contribution in [3.8, 4) is 0 Å². The highest BCUT2D eigenvalue weighted by molar-refractivity contribution is 7.89. The van der Waals surface area contributed by atoms with Gasteiger partial charge in [-0.15, -0.1) is 0 Å². The van der Waals surface area contributed by atoms with Gasteiger partial charge in [-0.05, 0) is 86.5 Å². The second-order valence-electron chi connectivity index (χ2n) is 11.0. The van der Waals surface area contributed by atoms with E-state index >= 15 is 0 Å². The van der Waals surface area contributed by atoms with Crippen LogP contribution in [0.1, 0.15) is 63.5 Å². The molecule has 34 heavy (non-hydrogen) atoms. The molecule has 6 rings (SSSR count). The molecule has 6 heteroatoms. The Hall–Kier alpha value is -2.18. The Bertz CT molecular complexity index is 1170. The molecule has 1 N–H and O–H groups in total. The van der Waals surface area contributed by atoms with Gasteiger partial charge in [-0.25, -0.2) is 8.42 Å². The minimum Gasteiger partial charge on any atom is -0.326 e. The minimum absolute atomic E-state index is 0.0653. The van der Waals surface area contributed by atoms with Crippen LogP contribution in [0.4, 0.5) is 5.69 Å². The molecule has 2 aromatic carbocycles. The first-order valence-corrected chi connectivity index (χ1v) is 14.1. The number of carbonyl (C=O) groups is 1. The van der Waals surface area contributed by atoms with E-state index in [4.69, 9.17) is 0 Å². The van der Waals surface area contributed by atoms with Crippen LogP contribution in [-0.4, -0.2) is 31.7 Å². The number of benzene rings is 2. The van der Waals surface area contributed by atoms with Gasteiger partial charge in [-0.3, -0.25) is 4.79 Å². The quantitative estimate of drug-likeness (QED) is 0.569. The highest BCUT2D eigenvalue weighted by Crippen LogP contribution is 2.66. The van der Waals surface area contributed by atoms with Crippen LogP contribution in [0.25, 0.3) is 0 Å². The zero-order valence-electron chi connectivity index (χ0n) is 20.5. The van der Waals surface area contributed by atoms with Gasteiger partial charge in [0.2, 0.25) is 15.9 Å². The lowest BCUT2D eigenvalue weighted by Gasteiger charge is -2.61. The summed E-state index contributed by atoms with van der Waals surface area (Å²) in [5, 5.41) is 3.14. The van der Waals surface area contributed by atoms with Crippen molar-refractivity contribution in [2.24, 2.45) is 17.3 Å². The molecule has 4 bridgehead atoms. The number of aryl methyl sites for hydroxylation is 1. The third kappa shape index (κ3) is 3.89. The molecule has 0 spiro atoms. The van der Waals surface area contributed by atoms with Crippen molar-refractivity contribution in [1.82, 2.24) is 4.31 Å². The number of sulfonamides is 1. The van der Waals surface area contributed by atoms with Gasteiger partial charge in [0, 0.05) is 18.8 Å². The fraction of sp³-hybridized carbons (Fsp3) is 0.536. The van der Waals surface area contributed by atoms with Crippen molar-refractivity contribution in [3.05, 3.63) is 59.7 Å². The van der Waals surface area contributed by atoms with Crippen LogP contribution in [0.15, 0.2) is 53.4 Å². The van der Waals surface area contributed by atoms with Crippen molar-refractivity contribution in [3.63, 3.8) is 0 Å². The van der Waals surface area contributed by atoms with Crippen molar-refractivity contribution < 1.29 is 13.2 Å². The van der Waals surface area contributed by atoms with E-state index in [1.54, 1.807) is 24.3 Å².